The Kier molecular flexibility index (Phi) is 5.46. The van der Waals surface area contributed by atoms with Crippen molar-refractivity contribution in [3.8, 4) is 0 Å². The first-order valence-corrected chi connectivity index (χ1v) is 8.72. The molecule has 0 bridgehead atoms. The van der Waals surface area contributed by atoms with Crippen LogP contribution < -0.4 is 10.6 Å². The molecule has 126 valence electrons. The van der Waals surface area contributed by atoms with Gasteiger partial charge in [-0.25, -0.2) is 4.98 Å². The number of rotatable bonds is 5. The standard InChI is InChI=1S/C20H18BrN3O/c1-14-5-7-15(8-6-14)11-20(25)24-18-9-10-19(22-13-18)23-17-4-2-3-16(21)12-17/h2-10,12-13H,11H2,1H3,(H,22,23)(H,24,25). The average molecular weight is 396 g/mol. The van der Waals surface area contributed by atoms with Gasteiger partial charge >= 0.3 is 0 Å². The van der Waals surface area contributed by atoms with Gasteiger partial charge in [0.2, 0.25) is 5.91 Å². The summed E-state index contributed by atoms with van der Waals surface area (Å²) in [6.45, 7) is 2.03. The van der Waals surface area contributed by atoms with Gasteiger partial charge in [-0.2, -0.15) is 0 Å². The number of halogens is 1. The third-order valence-corrected chi connectivity index (χ3v) is 4.12. The van der Waals surface area contributed by atoms with Crippen LogP contribution >= 0.6 is 15.9 Å². The molecule has 0 radical (unpaired) electrons. The van der Waals surface area contributed by atoms with Gasteiger partial charge in [0.05, 0.1) is 18.3 Å². The van der Waals surface area contributed by atoms with Crippen molar-refractivity contribution in [3.05, 3.63) is 82.5 Å². The van der Waals surface area contributed by atoms with Crippen LogP contribution in [0.4, 0.5) is 17.2 Å². The van der Waals surface area contributed by atoms with E-state index in [9.17, 15) is 4.79 Å². The van der Waals surface area contributed by atoms with Crippen molar-refractivity contribution in [2.75, 3.05) is 10.6 Å². The molecule has 1 amide bonds. The lowest BCUT2D eigenvalue weighted by molar-refractivity contribution is -0.115. The SMILES string of the molecule is Cc1ccc(CC(=O)Nc2ccc(Nc3cccc(Br)c3)nc2)cc1. The van der Waals surface area contributed by atoms with E-state index in [4.69, 9.17) is 0 Å². The number of pyridine rings is 1. The minimum Gasteiger partial charge on any atom is -0.340 e. The van der Waals surface area contributed by atoms with Crippen molar-refractivity contribution in [2.45, 2.75) is 13.3 Å². The highest BCUT2D eigenvalue weighted by Crippen LogP contribution is 2.20. The van der Waals surface area contributed by atoms with Gasteiger partial charge in [-0.05, 0) is 42.8 Å². The zero-order valence-corrected chi connectivity index (χ0v) is 15.4. The monoisotopic (exact) mass is 395 g/mol. The summed E-state index contributed by atoms with van der Waals surface area (Å²) in [6, 6.07) is 19.5. The van der Waals surface area contributed by atoms with E-state index in [1.165, 1.54) is 5.56 Å². The second-order valence-electron chi connectivity index (χ2n) is 5.78. The molecule has 0 atom stereocenters. The molecule has 2 N–H and O–H groups in total. The van der Waals surface area contributed by atoms with Crippen LogP contribution in [-0.2, 0) is 11.2 Å². The number of nitrogens with zero attached hydrogens (tertiary/aromatic N) is 1. The molecule has 2 aromatic carbocycles. The number of carbonyl (C=O) groups is 1. The number of aryl methyl sites for hydroxylation is 1. The molecule has 0 aliphatic carbocycles. The zero-order valence-electron chi connectivity index (χ0n) is 13.8. The Hall–Kier alpha value is -2.66. The molecule has 0 saturated heterocycles. The molecule has 3 aromatic rings. The predicted octanol–water partition coefficient (Wildman–Crippen LogP) is 5.08. The van der Waals surface area contributed by atoms with Crippen molar-refractivity contribution >= 4 is 39.0 Å². The van der Waals surface area contributed by atoms with E-state index >= 15 is 0 Å². The maximum absolute atomic E-state index is 12.1. The quantitative estimate of drug-likeness (QED) is 0.633. The van der Waals surface area contributed by atoms with Crippen LogP contribution in [-0.4, -0.2) is 10.9 Å². The zero-order chi connectivity index (χ0) is 17.6. The summed E-state index contributed by atoms with van der Waals surface area (Å²) < 4.78 is 0.998. The molecule has 1 heterocycles. The van der Waals surface area contributed by atoms with Gasteiger partial charge in [0, 0.05) is 10.2 Å². The number of anilines is 3. The fraction of sp³-hybridized carbons (Fsp3) is 0.100. The van der Waals surface area contributed by atoms with Crippen molar-refractivity contribution in [3.63, 3.8) is 0 Å². The topological polar surface area (TPSA) is 54.0 Å². The predicted molar refractivity (Wildman–Crippen MR) is 105 cm³/mol. The Morgan fingerprint density at radius 2 is 1.84 bits per heavy atom. The van der Waals surface area contributed by atoms with Gasteiger partial charge in [-0.3, -0.25) is 4.79 Å². The normalized spacial score (nSPS) is 10.3. The lowest BCUT2D eigenvalue weighted by Gasteiger charge is -2.08. The van der Waals surface area contributed by atoms with Gasteiger partial charge in [0.25, 0.3) is 0 Å². The Labute approximate surface area is 155 Å². The minimum absolute atomic E-state index is 0.0571. The van der Waals surface area contributed by atoms with E-state index < -0.39 is 0 Å². The molecule has 0 fully saturated rings. The van der Waals surface area contributed by atoms with Crippen LogP contribution in [0.5, 0.6) is 0 Å². The average Bonchev–Trinajstić information content (AvgIpc) is 2.59. The lowest BCUT2D eigenvalue weighted by atomic mass is 10.1. The van der Waals surface area contributed by atoms with Crippen LogP contribution in [0, 0.1) is 6.92 Å². The van der Waals surface area contributed by atoms with E-state index in [0.29, 0.717) is 12.1 Å². The number of hydrogen-bond donors (Lipinski definition) is 2. The highest BCUT2D eigenvalue weighted by Gasteiger charge is 2.05. The molecule has 0 aliphatic heterocycles. The van der Waals surface area contributed by atoms with E-state index in [2.05, 4.69) is 31.5 Å². The molecule has 0 spiro atoms. The number of carbonyl (C=O) groups excluding carboxylic acids is 1. The minimum atomic E-state index is -0.0571. The summed E-state index contributed by atoms with van der Waals surface area (Å²) in [4.78, 5) is 16.5. The summed E-state index contributed by atoms with van der Waals surface area (Å²) in [5.74, 6) is 0.660. The van der Waals surface area contributed by atoms with Crippen molar-refractivity contribution in [1.29, 1.82) is 0 Å². The van der Waals surface area contributed by atoms with Crippen molar-refractivity contribution in [2.24, 2.45) is 0 Å². The molecule has 4 nitrogen and oxygen atoms in total. The Morgan fingerprint density at radius 3 is 2.52 bits per heavy atom. The van der Waals surface area contributed by atoms with Gasteiger partial charge < -0.3 is 10.6 Å². The summed E-state index contributed by atoms with van der Waals surface area (Å²) >= 11 is 3.44. The highest BCUT2D eigenvalue weighted by molar-refractivity contribution is 9.10. The van der Waals surface area contributed by atoms with E-state index in [0.717, 1.165) is 21.5 Å². The summed E-state index contributed by atoms with van der Waals surface area (Å²) in [6.07, 6.45) is 1.99. The second kappa shape index (κ2) is 7.94. The Balaban J connectivity index is 1.58. The summed E-state index contributed by atoms with van der Waals surface area (Å²) in [5, 5.41) is 6.09. The molecule has 0 unspecified atom stereocenters. The molecule has 25 heavy (non-hydrogen) atoms. The van der Waals surface area contributed by atoms with Crippen LogP contribution in [0.25, 0.3) is 0 Å². The van der Waals surface area contributed by atoms with Crippen LogP contribution in [0.3, 0.4) is 0 Å². The first-order chi connectivity index (χ1) is 12.1. The lowest BCUT2D eigenvalue weighted by Crippen LogP contribution is -2.14. The van der Waals surface area contributed by atoms with Crippen LogP contribution in [0.1, 0.15) is 11.1 Å². The summed E-state index contributed by atoms with van der Waals surface area (Å²) in [7, 11) is 0. The van der Waals surface area contributed by atoms with Gasteiger partial charge in [0.15, 0.2) is 0 Å². The maximum atomic E-state index is 12.1. The van der Waals surface area contributed by atoms with E-state index in [1.807, 2.05) is 67.6 Å². The molecular formula is C20H18BrN3O. The largest absolute Gasteiger partial charge is 0.340 e. The van der Waals surface area contributed by atoms with Crippen molar-refractivity contribution in [1.82, 2.24) is 4.98 Å². The van der Waals surface area contributed by atoms with Gasteiger partial charge in [-0.1, -0.05) is 51.8 Å². The fourth-order valence-electron chi connectivity index (χ4n) is 2.35. The second-order valence-corrected chi connectivity index (χ2v) is 6.69. The number of amides is 1. The highest BCUT2D eigenvalue weighted by atomic mass is 79.9. The Morgan fingerprint density at radius 1 is 1.04 bits per heavy atom. The fourth-order valence-corrected chi connectivity index (χ4v) is 2.75. The first kappa shape index (κ1) is 17.2. The number of nitrogens with one attached hydrogen (secondary N) is 2. The first-order valence-electron chi connectivity index (χ1n) is 7.92. The molecule has 0 saturated carbocycles. The van der Waals surface area contributed by atoms with Crippen LogP contribution in [0.15, 0.2) is 71.3 Å². The molecule has 5 heteroatoms. The van der Waals surface area contributed by atoms with E-state index in [-0.39, 0.29) is 5.91 Å². The molecular weight excluding hydrogens is 378 g/mol. The number of benzene rings is 2. The third-order valence-electron chi connectivity index (χ3n) is 3.63. The molecule has 1 aromatic heterocycles. The van der Waals surface area contributed by atoms with E-state index in [1.54, 1.807) is 6.20 Å². The number of hydrogen-bond acceptors (Lipinski definition) is 3. The Bertz CT molecular complexity index is 861. The number of aromatic nitrogens is 1. The van der Waals surface area contributed by atoms with Crippen molar-refractivity contribution < 1.29 is 4.79 Å². The molecule has 0 aliphatic rings. The van der Waals surface area contributed by atoms with Gasteiger partial charge in [0.1, 0.15) is 5.82 Å². The summed E-state index contributed by atoms with van der Waals surface area (Å²) in [5.41, 5.74) is 3.79. The molecule has 3 rings (SSSR count). The van der Waals surface area contributed by atoms with Crippen LogP contribution in [0.2, 0.25) is 0 Å². The van der Waals surface area contributed by atoms with Gasteiger partial charge in [-0.15, -0.1) is 0 Å². The smallest absolute Gasteiger partial charge is 0.228 e. The third kappa shape index (κ3) is 5.16. The maximum Gasteiger partial charge on any atom is 0.228 e.